The Kier molecular flexibility index (Phi) is 8.71. The lowest BCUT2D eigenvalue weighted by Crippen LogP contribution is -2.09. The Morgan fingerprint density at radius 1 is 0.302 bits per heavy atom. The fourth-order valence-electron chi connectivity index (χ4n) is 8.73. The SMILES string of the molecule is c1ccc(-c2ccc(-c3nc(-c4cccc5c4oc4ccccc45)nc(-c4cccc5oc6cc(N(c7ccccc7)c7cccc(-c8ccccc8)c7)ccc6c45)n3)cc2)cc1. The van der Waals surface area contributed by atoms with Gasteiger partial charge < -0.3 is 13.7 Å². The molecule has 0 saturated heterocycles. The standard InChI is InChI=1S/C57H36N4O2/c1-4-15-37(16-5-1)39-29-31-40(32-30-39)55-58-56(60-57(59-55)49-26-13-24-46-45-23-10-11-27-50(45)63-54(46)49)48-25-14-28-51-53(48)47-34-33-44(36-52(47)62-51)61(42-20-8-3-9-21-42)43-22-12-19-41(35-43)38-17-6-2-7-18-38/h1-36H. The minimum Gasteiger partial charge on any atom is -0.456 e. The van der Waals surface area contributed by atoms with Crippen molar-refractivity contribution in [2.24, 2.45) is 0 Å². The summed E-state index contributed by atoms with van der Waals surface area (Å²) in [4.78, 5) is 17.9. The van der Waals surface area contributed by atoms with Crippen LogP contribution in [0.3, 0.4) is 0 Å². The van der Waals surface area contributed by atoms with E-state index in [0.29, 0.717) is 17.5 Å². The molecule has 0 bridgehead atoms. The predicted octanol–water partition coefficient (Wildman–Crippen LogP) is 15.5. The molecule has 6 nitrogen and oxygen atoms in total. The highest BCUT2D eigenvalue weighted by molar-refractivity contribution is 6.13. The quantitative estimate of drug-likeness (QED) is 0.152. The van der Waals surface area contributed by atoms with Gasteiger partial charge in [0, 0.05) is 55.8 Å². The predicted molar refractivity (Wildman–Crippen MR) is 256 cm³/mol. The Bertz CT molecular complexity index is 3620. The van der Waals surface area contributed by atoms with Gasteiger partial charge in [0.15, 0.2) is 17.5 Å². The van der Waals surface area contributed by atoms with Crippen molar-refractivity contribution in [3.63, 3.8) is 0 Å². The lowest BCUT2D eigenvalue weighted by Gasteiger charge is -2.26. The molecule has 0 saturated carbocycles. The van der Waals surface area contributed by atoms with Gasteiger partial charge in [0.1, 0.15) is 22.3 Å². The van der Waals surface area contributed by atoms with Gasteiger partial charge >= 0.3 is 0 Å². The molecule has 0 amide bonds. The van der Waals surface area contributed by atoms with Crippen LogP contribution in [-0.4, -0.2) is 15.0 Å². The summed E-state index contributed by atoms with van der Waals surface area (Å²) in [6.07, 6.45) is 0. The monoisotopic (exact) mass is 808 g/mol. The Morgan fingerprint density at radius 2 is 0.841 bits per heavy atom. The smallest absolute Gasteiger partial charge is 0.167 e. The van der Waals surface area contributed by atoms with E-state index in [1.54, 1.807) is 0 Å². The second kappa shape index (κ2) is 15.1. The van der Waals surface area contributed by atoms with Crippen molar-refractivity contribution in [1.29, 1.82) is 0 Å². The maximum Gasteiger partial charge on any atom is 0.167 e. The first kappa shape index (κ1) is 36.3. The van der Waals surface area contributed by atoms with Crippen LogP contribution in [0.4, 0.5) is 17.1 Å². The first-order chi connectivity index (χ1) is 31.2. The number of para-hydroxylation sites is 3. The highest BCUT2D eigenvalue weighted by atomic mass is 16.3. The normalized spacial score (nSPS) is 11.5. The second-order valence-corrected chi connectivity index (χ2v) is 15.6. The van der Waals surface area contributed by atoms with Crippen molar-refractivity contribution < 1.29 is 8.83 Å². The number of hydrogen-bond donors (Lipinski definition) is 0. The molecule has 0 N–H and O–H groups in total. The van der Waals surface area contributed by atoms with E-state index in [1.165, 1.54) is 0 Å². The van der Waals surface area contributed by atoms with E-state index in [0.717, 1.165) is 99.9 Å². The van der Waals surface area contributed by atoms with Crippen LogP contribution in [0.1, 0.15) is 0 Å². The number of benzene rings is 9. The van der Waals surface area contributed by atoms with E-state index in [1.807, 2.05) is 60.7 Å². The number of rotatable bonds is 8. The highest BCUT2D eigenvalue weighted by Crippen LogP contribution is 2.42. The molecule has 0 aliphatic carbocycles. The summed E-state index contributed by atoms with van der Waals surface area (Å²) in [5, 5.41) is 3.95. The van der Waals surface area contributed by atoms with Crippen LogP contribution in [0.2, 0.25) is 0 Å². The maximum atomic E-state index is 6.73. The lowest BCUT2D eigenvalue weighted by molar-refractivity contribution is 0.668. The number of nitrogens with zero attached hydrogens (tertiary/aromatic N) is 4. The third kappa shape index (κ3) is 6.49. The van der Waals surface area contributed by atoms with Gasteiger partial charge in [-0.1, -0.05) is 158 Å². The third-order valence-corrected chi connectivity index (χ3v) is 11.7. The van der Waals surface area contributed by atoms with E-state index >= 15 is 0 Å². The molecule has 0 aliphatic heterocycles. The van der Waals surface area contributed by atoms with Crippen LogP contribution >= 0.6 is 0 Å². The molecule has 12 rings (SSSR count). The Morgan fingerprint density at radius 3 is 1.63 bits per heavy atom. The summed E-state index contributed by atoms with van der Waals surface area (Å²) < 4.78 is 13.2. The van der Waals surface area contributed by atoms with Crippen molar-refractivity contribution in [2.45, 2.75) is 0 Å². The minimum absolute atomic E-state index is 0.523. The zero-order chi connectivity index (χ0) is 41.7. The van der Waals surface area contributed by atoms with Gasteiger partial charge in [0.05, 0.1) is 5.56 Å². The second-order valence-electron chi connectivity index (χ2n) is 15.6. The van der Waals surface area contributed by atoms with Crippen LogP contribution in [-0.2, 0) is 0 Å². The van der Waals surface area contributed by atoms with Gasteiger partial charge in [0.25, 0.3) is 0 Å². The fraction of sp³-hybridized carbons (Fsp3) is 0. The molecule has 0 spiro atoms. The topological polar surface area (TPSA) is 68.2 Å². The molecule has 0 radical (unpaired) electrons. The van der Waals surface area contributed by atoms with Gasteiger partial charge in [0.2, 0.25) is 0 Å². The molecule has 296 valence electrons. The maximum absolute atomic E-state index is 6.73. The van der Waals surface area contributed by atoms with E-state index in [2.05, 4.69) is 163 Å². The molecule has 0 atom stereocenters. The minimum atomic E-state index is 0.523. The van der Waals surface area contributed by atoms with Crippen LogP contribution in [0, 0.1) is 0 Å². The Balaban J connectivity index is 1.02. The molecular weight excluding hydrogens is 773 g/mol. The van der Waals surface area contributed by atoms with Gasteiger partial charge in [-0.2, -0.15) is 0 Å². The number of aromatic nitrogens is 3. The zero-order valence-corrected chi connectivity index (χ0v) is 33.9. The van der Waals surface area contributed by atoms with E-state index in [9.17, 15) is 0 Å². The van der Waals surface area contributed by atoms with Gasteiger partial charge in [-0.05, 0) is 76.9 Å². The summed E-state index contributed by atoms with van der Waals surface area (Å²) in [6, 6.07) is 75.1. The van der Waals surface area contributed by atoms with Gasteiger partial charge in [-0.3, -0.25) is 0 Å². The van der Waals surface area contributed by atoms with E-state index in [4.69, 9.17) is 23.8 Å². The average molecular weight is 809 g/mol. The summed E-state index contributed by atoms with van der Waals surface area (Å²) >= 11 is 0. The number of furan rings is 2. The fourth-order valence-corrected chi connectivity index (χ4v) is 8.73. The van der Waals surface area contributed by atoms with Crippen molar-refractivity contribution >= 4 is 60.9 Å². The van der Waals surface area contributed by atoms with E-state index < -0.39 is 0 Å². The largest absolute Gasteiger partial charge is 0.456 e. The summed E-state index contributed by atoms with van der Waals surface area (Å²) in [5.74, 6) is 1.62. The number of fused-ring (bicyclic) bond motifs is 6. The number of hydrogen-bond acceptors (Lipinski definition) is 6. The zero-order valence-electron chi connectivity index (χ0n) is 33.9. The Labute approximate surface area is 363 Å². The summed E-state index contributed by atoms with van der Waals surface area (Å²) in [6.45, 7) is 0. The molecule has 3 heterocycles. The van der Waals surface area contributed by atoms with Gasteiger partial charge in [-0.25, -0.2) is 15.0 Å². The van der Waals surface area contributed by atoms with Crippen LogP contribution < -0.4 is 4.90 Å². The molecule has 0 unspecified atom stereocenters. The van der Waals surface area contributed by atoms with Crippen molar-refractivity contribution in [2.75, 3.05) is 4.90 Å². The molecule has 9 aromatic carbocycles. The van der Waals surface area contributed by atoms with Crippen LogP contribution in [0.25, 0.3) is 100 Å². The molecule has 12 aromatic rings. The number of anilines is 3. The molecule has 0 fully saturated rings. The molecule has 6 heteroatoms. The molecular formula is C57H36N4O2. The van der Waals surface area contributed by atoms with Crippen molar-refractivity contribution in [3.8, 4) is 56.4 Å². The Hall–Kier alpha value is -8.61. The average Bonchev–Trinajstić information content (AvgIpc) is 3.93. The van der Waals surface area contributed by atoms with Gasteiger partial charge in [-0.15, -0.1) is 0 Å². The van der Waals surface area contributed by atoms with Crippen LogP contribution in [0.5, 0.6) is 0 Å². The first-order valence-electron chi connectivity index (χ1n) is 21.0. The molecule has 63 heavy (non-hydrogen) atoms. The van der Waals surface area contributed by atoms with Crippen molar-refractivity contribution in [1.82, 2.24) is 15.0 Å². The molecule has 0 aliphatic rings. The molecule has 3 aromatic heterocycles. The first-order valence-corrected chi connectivity index (χ1v) is 21.0. The third-order valence-electron chi connectivity index (χ3n) is 11.7. The van der Waals surface area contributed by atoms with E-state index in [-0.39, 0.29) is 0 Å². The highest BCUT2D eigenvalue weighted by Gasteiger charge is 2.22. The summed E-state index contributed by atoms with van der Waals surface area (Å²) in [7, 11) is 0. The van der Waals surface area contributed by atoms with Crippen molar-refractivity contribution in [3.05, 3.63) is 218 Å². The summed E-state index contributed by atoms with van der Waals surface area (Å²) in [5.41, 5.74) is 13.2. The van der Waals surface area contributed by atoms with Crippen LogP contribution in [0.15, 0.2) is 227 Å². The lowest BCUT2D eigenvalue weighted by atomic mass is 10.0.